The van der Waals surface area contributed by atoms with Crippen LogP contribution in [0, 0.1) is 0 Å². The average molecular weight is 480 g/mol. The first kappa shape index (κ1) is 26.6. The molecule has 0 aliphatic carbocycles. The maximum atomic E-state index is 12.8. The Kier molecular flexibility index (Phi) is 8.77. The van der Waals surface area contributed by atoms with E-state index in [0.29, 0.717) is 0 Å². The van der Waals surface area contributed by atoms with Crippen molar-refractivity contribution in [2.24, 2.45) is 0 Å². The van der Waals surface area contributed by atoms with Crippen molar-refractivity contribution in [2.45, 2.75) is 63.9 Å². The van der Waals surface area contributed by atoms with Crippen molar-refractivity contribution in [1.29, 1.82) is 0 Å². The minimum Gasteiger partial charge on any atom is -0.463 e. The molecule has 0 saturated carbocycles. The molecule has 0 radical (unpaired) electrons. The Morgan fingerprint density at radius 1 is 0.806 bits per heavy atom. The Hall–Kier alpha value is -2.46. The molecule has 31 heavy (non-hydrogen) atoms. The van der Waals surface area contributed by atoms with E-state index in [1.165, 1.54) is 0 Å². The first-order valence-corrected chi connectivity index (χ1v) is 9.76. The highest BCUT2D eigenvalue weighted by atomic mass is 32.2. The molecule has 16 heteroatoms. The van der Waals surface area contributed by atoms with Gasteiger partial charge in [-0.05, 0) is 0 Å². The van der Waals surface area contributed by atoms with Crippen LogP contribution in [0.3, 0.4) is 0 Å². The predicted octanol–water partition coefficient (Wildman–Crippen LogP) is -0.0643. The van der Waals surface area contributed by atoms with Crippen LogP contribution in [-0.4, -0.2) is 75.1 Å². The van der Waals surface area contributed by atoms with Gasteiger partial charge in [0, 0.05) is 27.7 Å². The van der Waals surface area contributed by atoms with Gasteiger partial charge in [0.1, 0.15) is 12.7 Å². The zero-order chi connectivity index (χ0) is 24.1. The van der Waals surface area contributed by atoms with E-state index in [2.05, 4.69) is 8.92 Å². The van der Waals surface area contributed by atoms with Crippen LogP contribution in [-0.2, 0) is 57.2 Å². The van der Waals surface area contributed by atoms with Crippen molar-refractivity contribution >= 4 is 34.0 Å². The summed E-state index contributed by atoms with van der Waals surface area (Å²) in [5.74, 6) is -4.16. The fourth-order valence-corrected chi connectivity index (χ4v) is 3.04. The number of ether oxygens (including phenoxy) is 5. The predicted molar refractivity (Wildman–Crippen MR) is 88.0 cm³/mol. The second-order valence-electron chi connectivity index (χ2n) is 6.06. The van der Waals surface area contributed by atoms with E-state index in [1.54, 1.807) is 0 Å². The van der Waals surface area contributed by atoms with Gasteiger partial charge in [-0.3, -0.25) is 19.2 Å². The topological polar surface area (TPSA) is 158 Å². The number of alkyl halides is 3. The summed E-state index contributed by atoms with van der Waals surface area (Å²) in [6, 6.07) is 0. The minimum atomic E-state index is -6.32. The Bertz CT molecular complexity index is 809. The van der Waals surface area contributed by atoms with Crippen molar-refractivity contribution in [1.82, 2.24) is 0 Å². The summed E-state index contributed by atoms with van der Waals surface area (Å²) < 4.78 is 90.1. The van der Waals surface area contributed by atoms with E-state index >= 15 is 0 Å². The highest BCUT2D eigenvalue weighted by Gasteiger charge is 2.58. The zero-order valence-electron chi connectivity index (χ0n) is 16.5. The molecule has 0 aromatic rings. The maximum Gasteiger partial charge on any atom is 0.523 e. The van der Waals surface area contributed by atoms with E-state index in [1.807, 2.05) is 0 Å². The standard InChI is InChI=1S/C15H19F3O12S/c1-6(19)25-5-10-11(26-7(2)20)12(27-8(3)21)13(14(29-10)28-9(4)22)30-31(23,24)15(16,17)18/h10-14H,5H2,1-4H3/t10?,11-,12+,13?,14+/m0/s1. The van der Waals surface area contributed by atoms with Gasteiger partial charge in [0.2, 0.25) is 6.29 Å². The van der Waals surface area contributed by atoms with E-state index in [-0.39, 0.29) is 0 Å². The third kappa shape index (κ3) is 7.62. The lowest BCUT2D eigenvalue weighted by Gasteiger charge is -2.43. The second kappa shape index (κ2) is 10.2. The first-order valence-electron chi connectivity index (χ1n) is 8.35. The van der Waals surface area contributed by atoms with Gasteiger partial charge in [0.15, 0.2) is 18.3 Å². The van der Waals surface area contributed by atoms with Crippen molar-refractivity contribution in [3.8, 4) is 0 Å². The highest BCUT2D eigenvalue weighted by Crippen LogP contribution is 2.34. The summed E-state index contributed by atoms with van der Waals surface area (Å²) in [4.78, 5) is 45.5. The van der Waals surface area contributed by atoms with Gasteiger partial charge in [-0.1, -0.05) is 0 Å². The Morgan fingerprint density at radius 3 is 1.71 bits per heavy atom. The molecule has 1 heterocycles. The smallest absolute Gasteiger partial charge is 0.463 e. The van der Waals surface area contributed by atoms with Crippen LogP contribution in [0.2, 0.25) is 0 Å². The van der Waals surface area contributed by atoms with Crippen LogP contribution < -0.4 is 0 Å². The molecule has 0 aromatic carbocycles. The summed E-state index contributed by atoms with van der Waals surface area (Å²) in [7, 11) is -6.32. The molecule has 0 aromatic heterocycles. The van der Waals surface area contributed by atoms with Crippen LogP contribution in [0.4, 0.5) is 13.2 Å². The van der Waals surface area contributed by atoms with Crippen LogP contribution in [0.25, 0.3) is 0 Å². The molecule has 1 fully saturated rings. The van der Waals surface area contributed by atoms with Crippen molar-refractivity contribution in [3.05, 3.63) is 0 Å². The third-order valence-electron chi connectivity index (χ3n) is 3.45. The van der Waals surface area contributed by atoms with E-state index in [4.69, 9.17) is 18.9 Å². The fourth-order valence-electron chi connectivity index (χ4n) is 2.43. The zero-order valence-corrected chi connectivity index (χ0v) is 17.4. The molecule has 5 atom stereocenters. The van der Waals surface area contributed by atoms with Crippen LogP contribution >= 0.6 is 0 Å². The minimum absolute atomic E-state index is 0.693. The molecular formula is C15H19F3O12S. The van der Waals surface area contributed by atoms with Crippen molar-refractivity contribution < 1.29 is 68.6 Å². The highest BCUT2D eigenvalue weighted by molar-refractivity contribution is 7.87. The molecule has 1 aliphatic heterocycles. The number of esters is 4. The van der Waals surface area contributed by atoms with Crippen LogP contribution in [0.5, 0.6) is 0 Å². The lowest BCUT2D eigenvalue weighted by atomic mass is 9.98. The molecule has 0 bridgehead atoms. The van der Waals surface area contributed by atoms with E-state index in [0.717, 1.165) is 27.7 Å². The van der Waals surface area contributed by atoms with Crippen LogP contribution in [0.1, 0.15) is 27.7 Å². The average Bonchev–Trinajstić information content (AvgIpc) is 2.56. The van der Waals surface area contributed by atoms with Gasteiger partial charge in [0.25, 0.3) is 0 Å². The summed E-state index contributed by atoms with van der Waals surface area (Å²) in [6.45, 7) is 2.82. The molecule has 0 N–H and O–H groups in total. The molecule has 12 nitrogen and oxygen atoms in total. The normalized spacial score (nSPS) is 26.5. The number of rotatable bonds is 7. The number of hydrogen-bond acceptors (Lipinski definition) is 12. The maximum absolute atomic E-state index is 12.8. The molecule has 1 rings (SSSR count). The van der Waals surface area contributed by atoms with E-state index in [9.17, 15) is 40.8 Å². The molecule has 178 valence electrons. The Morgan fingerprint density at radius 2 is 1.29 bits per heavy atom. The molecule has 2 unspecified atom stereocenters. The fraction of sp³-hybridized carbons (Fsp3) is 0.733. The molecule has 1 saturated heterocycles. The first-order chi connectivity index (χ1) is 14.0. The summed E-state index contributed by atoms with van der Waals surface area (Å²) in [5, 5.41) is 0. The third-order valence-corrected chi connectivity index (χ3v) is 4.49. The quantitative estimate of drug-likeness (QED) is 0.207. The van der Waals surface area contributed by atoms with Gasteiger partial charge >= 0.3 is 39.5 Å². The Balaban J connectivity index is 3.50. The SMILES string of the molecule is CC(=O)OCC1O[C@@H](OC(C)=O)C(OS(=O)(=O)C(F)(F)F)[C@H](OC(C)=O)[C@H]1OC(C)=O. The van der Waals surface area contributed by atoms with Gasteiger partial charge in [-0.15, -0.1) is 0 Å². The Labute approximate surface area is 174 Å². The van der Waals surface area contributed by atoms with Crippen LogP contribution in [0.15, 0.2) is 0 Å². The molecule has 0 amide bonds. The van der Waals surface area contributed by atoms with Gasteiger partial charge in [0.05, 0.1) is 0 Å². The number of carbonyl (C=O) groups is 4. The van der Waals surface area contributed by atoms with Gasteiger partial charge < -0.3 is 23.7 Å². The largest absolute Gasteiger partial charge is 0.523 e. The lowest BCUT2D eigenvalue weighted by Crippen LogP contribution is -2.63. The number of halogens is 3. The summed E-state index contributed by atoms with van der Waals surface area (Å²) in [6.07, 6.45) is -10.0. The monoisotopic (exact) mass is 480 g/mol. The van der Waals surface area contributed by atoms with E-state index < -0.39 is 76.8 Å². The van der Waals surface area contributed by atoms with Crippen molar-refractivity contribution in [3.63, 3.8) is 0 Å². The van der Waals surface area contributed by atoms with Gasteiger partial charge in [-0.2, -0.15) is 21.6 Å². The lowest BCUT2D eigenvalue weighted by molar-refractivity contribution is -0.292. The van der Waals surface area contributed by atoms with Gasteiger partial charge in [-0.25, -0.2) is 4.18 Å². The summed E-state index contributed by atoms with van der Waals surface area (Å²) >= 11 is 0. The molecular weight excluding hydrogens is 461 g/mol. The molecule has 1 aliphatic rings. The second-order valence-corrected chi connectivity index (χ2v) is 7.63. The van der Waals surface area contributed by atoms with Crippen molar-refractivity contribution in [2.75, 3.05) is 6.61 Å². The molecule has 0 spiro atoms. The number of hydrogen-bond donors (Lipinski definition) is 0. The number of carbonyl (C=O) groups excluding carboxylic acids is 4. The summed E-state index contributed by atoms with van der Waals surface area (Å²) in [5.41, 5.74) is -5.90.